The molecule has 0 aliphatic heterocycles. The SMILES string of the molecule is CCOC(=O)c1c(-c2ccccc2Cl)csc1NC(=O)CNCCc1ccccc1. The van der Waals surface area contributed by atoms with Crippen LogP contribution in [0.1, 0.15) is 22.8 Å². The van der Waals surface area contributed by atoms with Crippen molar-refractivity contribution in [1.29, 1.82) is 0 Å². The molecule has 1 heterocycles. The molecule has 0 saturated heterocycles. The summed E-state index contributed by atoms with van der Waals surface area (Å²) in [5.41, 5.74) is 2.90. The predicted molar refractivity (Wildman–Crippen MR) is 122 cm³/mol. The minimum atomic E-state index is -0.485. The van der Waals surface area contributed by atoms with Crippen LogP contribution in [-0.4, -0.2) is 31.6 Å². The zero-order valence-corrected chi connectivity index (χ0v) is 18.2. The van der Waals surface area contributed by atoms with E-state index >= 15 is 0 Å². The lowest BCUT2D eigenvalue weighted by Gasteiger charge is -2.10. The molecule has 0 aliphatic carbocycles. The van der Waals surface area contributed by atoms with Gasteiger partial charge in [0, 0.05) is 21.5 Å². The Labute approximate surface area is 185 Å². The molecule has 1 aromatic heterocycles. The number of nitrogens with one attached hydrogen (secondary N) is 2. The number of benzene rings is 2. The van der Waals surface area contributed by atoms with Crippen molar-refractivity contribution in [3.05, 3.63) is 76.1 Å². The highest BCUT2D eigenvalue weighted by Gasteiger charge is 2.23. The van der Waals surface area contributed by atoms with Crippen molar-refractivity contribution in [2.24, 2.45) is 0 Å². The van der Waals surface area contributed by atoms with Gasteiger partial charge >= 0.3 is 5.97 Å². The molecule has 7 heteroatoms. The molecule has 0 atom stereocenters. The van der Waals surface area contributed by atoms with Crippen LogP contribution < -0.4 is 10.6 Å². The standard InChI is InChI=1S/C23H23ClN2O3S/c1-2-29-23(28)21-18(17-10-6-7-11-19(17)24)15-30-22(21)26-20(27)14-25-13-12-16-8-4-3-5-9-16/h3-11,15,25H,2,12-14H2,1H3,(H,26,27). The summed E-state index contributed by atoms with van der Waals surface area (Å²) in [4.78, 5) is 25.0. The molecular formula is C23H23ClN2O3S. The number of rotatable bonds is 9. The number of thiophene rings is 1. The molecule has 0 saturated carbocycles. The highest BCUT2D eigenvalue weighted by molar-refractivity contribution is 7.15. The van der Waals surface area contributed by atoms with Crippen LogP contribution in [0.15, 0.2) is 60.0 Å². The molecule has 0 unspecified atom stereocenters. The second kappa shape index (κ2) is 10.9. The van der Waals surface area contributed by atoms with Crippen LogP contribution in [0.4, 0.5) is 5.00 Å². The highest BCUT2D eigenvalue weighted by atomic mass is 35.5. The van der Waals surface area contributed by atoms with E-state index < -0.39 is 5.97 Å². The maximum atomic E-state index is 12.6. The largest absolute Gasteiger partial charge is 0.462 e. The maximum absolute atomic E-state index is 12.6. The average Bonchev–Trinajstić information content (AvgIpc) is 3.16. The molecule has 0 radical (unpaired) electrons. The Morgan fingerprint density at radius 2 is 1.77 bits per heavy atom. The number of ether oxygens (including phenoxy) is 1. The first kappa shape index (κ1) is 22.0. The first-order chi connectivity index (χ1) is 14.6. The molecule has 5 nitrogen and oxygen atoms in total. The molecule has 3 rings (SSSR count). The van der Waals surface area contributed by atoms with E-state index in [0.717, 1.165) is 12.0 Å². The van der Waals surface area contributed by atoms with E-state index in [2.05, 4.69) is 22.8 Å². The summed E-state index contributed by atoms with van der Waals surface area (Å²) in [7, 11) is 0. The molecule has 0 fully saturated rings. The van der Waals surface area contributed by atoms with Gasteiger partial charge in [0.05, 0.1) is 13.2 Å². The van der Waals surface area contributed by atoms with Gasteiger partial charge in [-0.25, -0.2) is 4.79 Å². The summed E-state index contributed by atoms with van der Waals surface area (Å²) in [6, 6.07) is 17.3. The van der Waals surface area contributed by atoms with Crippen LogP contribution in [0.25, 0.3) is 11.1 Å². The summed E-state index contributed by atoms with van der Waals surface area (Å²) in [6.45, 7) is 2.81. The Kier molecular flexibility index (Phi) is 8.02. The fraction of sp³-hybridized carbons (Fsp3) is 0.217. The van der Waals surface area contributed by atoms with Crippen molar-refractivity contribution in [2.75, 3.05) is 25.0 Å². The second-order valence-electron chi connectivity index (χ2n) is 6.51. The molecule has 156 valence electrons. The molecule has 3 aromatic rings. The van der Waals surface area contributed by atoms with E-state index in [-0.39, 0.29) is 19.1 Å². The van der Waals surface area contributed by atoms with Crippen molar-refractivity contribution in [3.8, 4) is 11.1 Å². The quantitative estimate of drug-likeness (QED) is 0.361. The number of amides is 1. The van der Waals surface area contributed by atoms with Gasteiger partial charge in [-0.15, -0.1) is 11.3 Å². The van der Waals surface area contributed by atoms with Gasteiger partial charge in [-0.2, -0.15) is 0 Å². The first-order valence-corrected chi connectivity index (χ1v) is 10.9. The zero-order chi connectivity index (χ0) is 21.3. The third kappa shape index (κ3) is 5.69. The molecule has 2 aromatic carbocycles. The van der Waals surface area contributed by atoms with Crippen LogP contribution in [0, 0.1) is 0 Å². The lowest BCUT2D eigenvalue weighted by atomic mass is 10.0. The number of esters is 1. The number of halogens is 1. The van der Waals surface area contributed by atoms with Crippen LogP contribution in [-0.2, 0) is 16.0 Å². The van der Waals surface area contributed by atoms with Gasteiger partial charge in [-0.05, 0) is 31.5 Å². The maximum Gasteiger partial charge on any atom is 0.341 e. The van der Waals surface area contributed by atoms with Gasteiger partial charge in [-0.1, -0.05) is 60.1 Å². The number of carbonyl (C=O) groups excluding carboxylic acids is 2. The van der Waals surface area contributed by atoms with Gasteiger partial charge in [-0.3, -0.25) is 4.79 Å². The number of carbonyl (C=O) groups is 2. The van der Waals surface area contributed by atoms with Gasteiger partial charge in [0.2, 0.25) is 5.91 Å². The minimum absolute atomic E-state index is 0.147. The Bertz CT molecular complexity index is 1000. The van der Waals surface area contributed by atoms with E-state index in [1.807, 2.05) is 41.8 Å². The molecule has 0 bridgehead atoms. The Balaban J connectivity index is 1.68. The van der Waals surface area contributed by atoms with Crippen LogP contribution >= 0.6 is 22.9 Å². The third-order valence-electron chi connectivity index (χ3n) is 4.41. The number of anilines is 1. The highest BCUT2D eigenvalue weighted by Crippen LogP contribution is 2.39. The van der Waals surface area contributed by atoms with Crippen molar-refractivity contribution >= 4 is 39.8 Å². The summed E-state index contributed by atoms with van der Waals surface area (Å²) in [5, 5.41) is 8.76. The Morgan fingerprint density at radius 3 is 2.50 bits per heavy atom. The van der Waals surface area contributed by atoms with Crippen LogP contribution in [0.5, 0.6) is 0 Å². The normalized spacial score (nSPS) is 10.6. The molecule has 2 N–H and O–H groups in total. The number of hydrogen-bond donors (Lipinski definition) is 2. The van der Waals surface area contributed by atoms with Gasteiger partial charge in [0.1, 0.15) is 10.6 Å². The molecule has 0 spiro atoms. The van der Waals surface area contributed by atoms with E-state index in [9.17, 15) is 9.59 Å². The topological polar surface area (TPSA) is 67.4 Å². The second-order valence-corrected chi connectivity index (χ2v) is 7.80. The van der Waals surface area contributed by atoms with Gasteiger partial charge in [0.25, 0.3) is 0 Å². The van der Waals surface area contributed by atoms with Crippen molar-refractivity contribution in [1.82, 2.24) is 5.32 Å². The molecular weight excluding hydrogens is 420 g/mol. The molecule has 0 aliphatic rings. The van der Waals surface area contributed by atoms with Crippen molar-refractivity contribution in [3.63, 3.8) is 0 Å². The summed E-state index contributed by atoms with van der Waals surface area (Å²) in [5.74, 6) is -0.706. The fourth-order valence-corrected chi connectivity index (χ4v) is 4.19. The minimum Gasteiger partial charge on any atom is -0.462 e. The van der Waals surface area contributed by atoms with Crippen LogP contribution in [0.2, 0.25) is 5.02 Å². The van der Waals surface area contributed by atoms with Gasteiger partial charge < -0.3 is 15.4 Å². The summed E-state index contributed by atoms with van der Waals surface area (Å²) >= 11 is 7.60. The lowest BCUT2D eigenvalue weighted by Crippen LogP contribution is -2.29. The summed E-state index contributed by atoms with van der Waals surface area (Å²) < 4.78 is 5.22. The smallest absolute Gasteiger partial charge is 0.341 e. The average molecular weight is 443 g/mol. The number of hydrogen-bond acceptors (Lipinski definition) is 5. The Hall–Kier alpha value is -2.67. The van der Waals surface area contributed by atoms with Crippen LogP contribution in [0.3, 0.4) is 0 Å². The van der Waals surface area contributed by atoms with E-state index in [1.165, 1.54) is 16.9 Å². The van der Waals surface area contributed by atoms with Crippen molar-refractivity contribution < 1.29 is 14.3 Å². The third-order valence-corrected chi connectivity index (χ3v) is 5.63. The van der Waals surface area contributed by atoms with Crippen molar-refractivity contribution in [2.45, 2.75) is 13.3 Å². The van der Waals surface area contributed by atoms with E-state index in [1.54, 1.807) is 13.0 Å². The molecule has 1 amide bonds. The zero-order valence-electron chi connectivity index (χ0n) is 16.6. The van der Waals surface area contributed by atoms with E-state index in [4.69, 9.17) is 16.3 Å². The van der Waals surface area contributed by atoms with E-state index in [0.29, 0.717) is 27.7 Å². The Morgan fingerprint density at radius 1 is 1.03 bits per heavy atom. The predicted octanol–water partition coefficient (Wildman–Crippen LogP) is 5.02. The lowest BCUT2D eigenvalue weighted by molar-refractivity contribution is -0.115. The first-order valence-electron chi connectivity index (χ1n) is 9.68. The molecule has 30 heavy (non-hydrogen) atoms. The fourth-order valence-electron chi connectivity index (χ4n) is 2.98. The summed E-state index contributed by atoms with van der Waals surface area (Å²) in [6.07, 6.45) is 0.831. The van der Waals surface area contributed by atoms with Gasteiger partial charge in [0.15, 0.2) is 0 Å². The monoisotopic (exact) mass is 442 g/mol.